The lowest BCUT2D eigenvalue weighted by atomic mass is 10.1. The Hall–Kier alpha value is 0.860. The molecule has 0 saturated heterocycles. The Balaban J connectivity index is 3.56. The van der Waals surface area contributed by atoms with Crippen LogP contribution in [0.5, 0.6) is 0 Å². The summed E-state index contributed by atoms with van der Waals surface area (Å²) in [6, 6.07) is 0. The monoisotopic (exact) mass is 320 g/mol. The third kappa shape index (κ3) is 2.10. The summed E-state index contributed by atoms with van der Waals surface area (Å²) in [6.45, 7) is 1.80. The van der Waals surface area contributed by atoms with E-state index in [0.29, 0.717) is 25.4 Å². The molecule has 0 nitrogen and oxygen atoms in total. The molecule has 0 aliphatic rings. The predicted octanol–water partition coefficient (Wildman–Crippen LogP) is 5.50. The van der Waals surface area contributed by atoms with E-state index in [0.717, 1.165) is 11.1 Å². The number of halogens is 5. The van der Waals surface area contributed by atoms with Gasteiger partial charge in [-0.15, -0.1) is 0 Å². The van der Waals surface area contributed by atoms with Gasteiger partial charge < -0.3 is 0 Å². The van der Waals surface area contributed by atoms with Gasteiger partial charge in [0.15, 0.2) is 0 Å². The third-order valence-electron chi connectivity index (χ3n) is 1.71. The number of rotatable bonds is 1. The van der Waals surface area contributed by atoms with Crippen molar-refractivity contribution in [1.82, 2.24) is 0 Å². The number of alkyl halides is 1. The second-order valence-electron chi connectivity index (χ2n) is 2.49. The number of hydrogen-bond acceptors (Lipinski definition) is 0. The van der Waals surface area contributed by atoms with Crippen LogP contribution >= 0.6 is 62.3 Å². The van der Waals surface area contributed by atoms with Crippen LogP contribution in [0, 0.1) is 6.92 Å². The summed E-state index contributed by atoms with van der Waals surface area (Å²) in [4.78, 5) is 0. The first-order valence-corrected chi connectivity index (χ1v) is 6.01. The normalized spacial score (nSPS) is 10.6. The largest absolute Gasteiger partial charge is 0.0875 e. The second-order valence-corrected chi connectivity index (χ2v) is 4.57. The molecule has 0 atom stereocenters. The van der Waals surface area contributed by atoms with E-state index < -0.39 is 0 Å². The first-order chi connectivity index (χ1) is 6.00. The third-order valence-corrected chi connectivity index (χ3v) is 4.24. The Morgan fingerprint density at radius 1 is 0.923 bits per heavy atom. The molecule has 0 aromatic heterocycles. The zero-order chi connectivity index (χ0) is 10.2. The lowest BCUT2D eigenvalue weighted by molar-refractivity contribution is 1.36. The maximum atomic E-state index is 6.02. The standard InChI is InChI=1S/C8H5BrCl4/c1-3-5(10)4(2-9)7(12)8(13)6(3)11/h2H2,1H3. The summed E-state index contributed by atoms with van der Waals surface area (Å²) >= 11 is 27.0. The van der Waals surface area contributed by atoms with Gasteiger partial charge in [0.2, 0.25) is 0 Å². The zero-order valence-corrected chi connectivity index (χ0v) is 11.2. The van der Waals surface area contributed by atoms with Gasteiger partial charge in [0.1, 0.15) is 0 Å². The van der Waals surface area contributed by atoms with Gasteiger partial charge in [0.05, 0.1) is 20.1 Å². The molecular formula is C8H5BrCl4. The van der Waals surface area contributed by atoms with Crippen LogP contribution in [-0.4, -0.2) is 0 Å². The minimum atomic E-state index is 0.361. The molecule has 0 amide bonds. The molecule has 1 aromatic carbocycles. The molecule has 0 aliphatic heterocycles. The molecule has 0 fully saturated rings. The van der Waals surface area contributed by atoms with Crippen LogP contribution in [-0.2, 0) is 5.33 Å². The molecule has 1 aromatic rings. The van der Waals surface area contributed by atoms with Crippen LogP contribution in [0.4, 0.5) is 0 Å². The van der Waals surface area contributed by atoms with Crippen molar-refractivity contribution in [2.45, 2.75) is 12.3 Å². The fourth-order valence-corrected chi connectivity index (χ4v) is 2.91. The minimum absolute atomic E-state index is 0.361. The minimum Gasteiger partial charge on any atom is -0.0875 e. The van der Waals surface area contributed by atoms with Crippen molar-refractivity contribution in [2.75, 3.05) is 0 Å². The number of benzene rings is 1. The van der Waals surface area contributed by atoms with Crippen LogP contribution in [0.15, 0.2) is 0 Å². The summed E-state index contributed by atoms with van der Waals surface area (Å²) in [5, 5.41) is 2.32. The van der Waals surface area contributed by atoms with E-state index in [4.69, 9.17) is 46.4 Å². The van der Waals surface area contributed by atoms with Crippen LogP contribution < -0.4 is 0 Å². The molecule has 0 N–H and O–H groups in total. The Labute approximate surface area is 105 Å². The van der Waals surface area contributed by atoms with E-state index >= 15 is 0 Å². The quantitative estimate of drug-likeness (QED) is 0.363. The van der Waals surface area contributed by atoms with E-state index in [-0.39, 0.29) is 0 Å². The highest BCUT2D eigenvalue weighted by Gasteiger charge is 2.16. The van der Waals surface area contributed by atoms with Crippen molar-refractivity contribution in [1.29, 1.82) is 0 Å². The summed E-state index contributed by atoms with van der Waals surface area (Å²) in [6.07, 6.45) is 0. The van der Waals surface area contributed by atoms with Crippen molar-refractivity contribution in [3.8, 4) is 0 Å². The van der Waals surface area contributed by atoms with Crippen LogP contribution in [0.3, 0.4) is 0 Å². The second kappa shape index (κ2) is 4.59. The van der Waals surface area contributed by atoms with Gasteiger partial charge in [-0.25, -0.2) is 0 Å². The van der Waals surface area contributed by atoms with Gasteiger partial charge in [-0.05, 0) is 12.5 Å². The summed E-state index contributed by atoms with van der Waals surface area (Å²) in [7, 11) is 0. The molecule has 0 aliphatic carbocycles. The van der Waals surface area contributed by atoms with E-state index in [1.807, 2.05) is 0 Å². The van der Waals surface area contributed by atoms with Crippen molar-refractivity contribution in [3.63, 3.8) is 0 Å². The van der Waals surface area contributed by atoms with Crippen molar-refractivity contribution in [2.24, 2.45) is 0 Å². The Bertz CT molecular complexity index is 319. The first-order valence-electron chi connectivity index (χ1n) is 3.38. The van der Waals surface area contributed by atoms with Crippen molar-refractivity contribution >= 4 is 62.3 Å². The Kier molecular flexibility index (Phi) is 4.21. The van der Waals surface area contributed by atoms with Crippen LogP contribution in [0.1, 0.15) is 11.1 Å². The zero-order valence-electron chi connectivity index (χ0n) is 6.60. The molecule has 0 unspecified atom stereocenters. The molecule has 0 heterocycles. The van der Waals surface area contributed by atoms with Crippen LogP contribution in [0.25, 0.3) is 0 Å². The molecule has 72 valence electrons. The SMILES string of the molecule is Cc1c(Cl)c(Cl)c(Cl)c(CBr)c1Cl. The highest BCUT2D eigenvalue weighted by molar-refractivity contribution is 9.08. The molecule has 1 rings (SSSR count). The summed E-state index contributed by atoms with van der Waals surface area (Å²) in [5.74, 6) is 0. The molecule has 0 saturated carbocycles. The van der Waals surface area contributed by atoms with Gasteiger partial charge in [0, 0.05) is 10.9 Å². The average Bonchev–Trinajstić information content (AvgIpc) is 2.13. The lowest BCUT2D eigenvalue weighted by Crippen LogP contribution is -1.89. The maximum absolute atomic E-state index is 6.02. The molecular weight excluding hydrogens is 318 g/mol. The smallest absolute Gasteiger partial charge is 0.0785 e. The topological polar surface area (TPSA) is 0 Å². The van der Waals surface area contributed by atoms with Crippen molar-refractivity contribution in [3.05, 3.63) is 31.2 Å². The predicted molar refractivity (Wildman–Crippen MR) is 63.9 cm³/mol. The molecule has 13 heavy (non-hydrogen) atoms. The highest BCUT2D eigenvalue weighted by Crippen LogP contribution is 2.41. The lowest BCUT2D eigenvalue weighted by Gasteiger charge is -2.10. The van der Waals surface area contributed by atoms with Crippen LogP contribution in [0.2, 0.25) is 20.1 Å². The Morgan fingerprint density at radius 2 is 1.46 bits per heavy atom. The van der Waals surface area contributed by atoms with Gasteiger partial charge in [-0.2, -0.15) is 0 Å². The van der Waals surface area contributed by atoms with Crippen molar-refractivity contribution < 1.29 is 0 Å². The summed E-state index contributed by atoms with van der Waals surface area (Å²) < 4.78 is 0. The van der Waals surface area contributed by atoms with Gasteiger partial charge >= 0.3 is 0 Å². The van der Waals surface area contributed by atoms with Gasteiger partial charge in [0.25, 0.3) is 0 Å². The Morgan fingerprint density at radius 3 is 1.92 bits per heavy atom. The highest BCUT2D eigenvalue weighted by atomic mass is 79.9. The molecule has 0 bridgehead atoms. The fourth-order valence-electron chi connectivity index (χ4n) is 0.930. The molecule has 0 radical (unpaired) electrons. The van der Waals surface area contributed by atoms with E-state index in [1.165, 1.54) is 0 Å². The molecule has 5 heteroatoms. The number of hydrogen-bond donors (Lipinski definition) is 0. The summed E-state index contributed by atoms with van der Waals surface area (Å²) in [5.41, 5.74) is 1.53. The van der Waals surface area contributed by atoms with E-state index in [9.17, 15) is 0 Å². The van der Waals surface area contributed by atoms with E-state index in [2.05, 4.69) is 15.9 Å². The average molecular weight is 323 g/mol. The molecule has 0 spiro atoms. The fraction of sp³-hybridized carbons (Fsp3) is 0.250. The first kappa shape index (κ1) is 11.9. The maximum Gasteiger partial charge on any atom is 0.0785 e. The van der Waals surface area contributed by atoms with Gasteiger partial charge in [-0.1, -0.05) is 62.3 Å². The van der Waals surface area contributed by atoms with Gasteiger partial charge in [-0.3, -0.25) is 0 Å². The van der Waals surface area contributed by atoms with E-state index in [1.54, 1.807) is 6.92 Å².